The second-order valence-corrected chi connectivity index (χ2v) is 6.24. The van der Waals surface area contributed by atoms with Crippen LogP contribution in [0, 0.1) is 11.8 Å². The lowest BCUT2D eigenvalue weighted by molar-refractivity contribution is -0.139. The van der Waals surface area contributed by atoms with Gasteiger partial charge in [-0.15, -0.1) is 0 Å². The van der Waals surface area contributed by atoms with E-state index in [0.717, 1.165) is 25.1 Å². The number of carbonyl (C=O) groups excluding carboxylic acids is 2. The van der Waals surface area contributed by atoms with Gasteiger partial charge in [-0.3, -0.25) is 14.5 Å². The monoisotopic (exact) mass is 286 g/mol. The highest BCUT2D eigenvalue weighted by atomic mass is 16.2. The van der Waals surface area contributed by atoms with Gasteiger partial charge in [0.2, 0.25) is 11.8 Å². The number of piperidine rings is 1. The Morgan fingerprint density at radius 2 is 2.00 bits per heavy atom. The Morgan fingerprint density at radius 1 is 1.24 bits per heavy atom. The van der Waals surface area contributed by atoms with Gasteiger partial charge in [-0.25, -0.2) is 0 Å². The Kier molecular flexibility index (Phi) is 4.06. The van der Waals surface area contributed by atoms with E-state index >= 15 is 0 Å². The molecule has 4 nitrogen and oxygen atoms in total. The van der Waals surface area contributed by atoms with Crippen molar-refractivity contribution >= 4 is 11.8 Å². The molecule has 2 fully saturated rings. The number of carbonyl (C=O) groups is 2. The second-order valence-electron chi connectivity index (χ2n) is 6.24. The molecule has 1 N–H and O–H groups in total. The van der Waals surface area contributed by atoms with Crippen LogP contribution in [0.3, 0.4) is 0 Å². The lowest BCUT2D eigenvalue weighted by Crippen LogP contribution is -2.44. The van der Waals surface area contributed by atoms with Gasteiger partial charge >= 0.3 is 0 Å². The molecule has 0 bridgehead atoms. The van der Waals surface area contributed by atoms with E-state index in [1.165, 1.54) is 4.90 Å². The lowest BCUT2D eigenvalue weighted by Gasteiger charge is -2.32. The van der Waals surface area contributed by atoms with E-state index < -0.39 is 0 Å². The average molecular weight is 286 g/mol. The fourth-order valence-electron chi connectivity index (χ4n) is 3.35. The average Bonchev–Trinajstić information content (AvgIpc) is 2.78. The molecular weight excluding hydrogens is 264 g/mol. The summed E-state index contributed by atoms with van der Waals surface area (Å²) in [5.74, 6) is 0.602. The summed E-state index contributed by atoms with van der Waals surface area (Å²) in [5.41, 5.74) is 0.952. The van der Waals surface area contributed by atoms with Crippen LogP contribution in [-0.2, 0) is 9.59 Å². The normalized spacial score (nSPS) is 30.0. The number of hydrogen-bond acceptors (Lipinski definition) is 3. The van der Waals surface area contributed by atoms with Crippen LogP contribution in [0.15, 0.2) is 30.3 Å². The highest BCUT2D eigenvalue weighted by Gasteiger charge is 2.40. The maximum Gasteiger partial charge on any atom is 0.237 e. The molecule has 3 unspecified atom stereocenters. The largest absolute Gasteiger partial charge is 0.316 e. The van der Waals surface area contributed by atoms with E-state index in [9.17, 15) is 9.59 Å². The van der Waals surface area contributed by atoms with Crippen molar-refractivity contribution in [1.82, 2.24) is 10.2 Å². The molecule has 0 aliphatic carbocycles. The van der Waals surface area contributed by atoms with Crippen molar-refractivity contribution in [1.29, 1.82) is 0 Å². The van der Waals surface area contributed by atoms with E-state index in [0.29, 0.717) is 24.8 Å². The quantitative estimate of drug-likeness (QED) is 0.862. The molecule has 112 valence electrons. The Balaban J connectivity index is 1.72. The molecule has 21 heavy (non-hydrogen) atoms. The second kappa shape index (κ2) is 5.98. The highest BCUT2D eigenvalue weighted by Crippen LogP contribution is 2.31. The third-order valence-electron chi connectivity index (χ3n) is 4.85. The highest BCUT2D eigenvalue weighted by molar-refractivity contribution is 6.06. The van der Waals surface area contributed by atoms with Crippen LogP contribution < -0.4 is 5.32 Å². The van der Waals surface area contributed by atoms with Crippen molar-refractivity contribution < 1.29 is 9.59 Å². The summed E-state index contributed by atoms with van der Waals surface area (Å²) in [4.78, 5) is 26.3. The molecule has 0 radical (unpaired) electrons. The topological polar surface area (TPSA) is 49.4 Å². The molecule has 3 rings (SSSR count). The van der Waals surface area contributed by atoms with Crippen LogP contribution in [0.4, 0.5) is 0 Å². The van der Waals surface area contributed by atoms with Crippen molar-refractivity contribution in [2.45, 2.75) is 25.7 Å². The Labute approximate surface area is 125 Å². The van der Waals surface area contributed by atoms with Crippen molar-refractivity contribution in [3.63, 3.8) is 0 Å². The van der Waals surface area contributed by atoms with E-state index in [1.54, 1.807) is 0 Å². The SMILES string of the molecule is CC1CCNCC1CN1C(=O)CC(c2ccccc2)C1=O. The minimum Gasteiger partial charge on any atom is -0.316 e. The van der Waals surface area contributed by atoms with Gasteiger partial charge in [0.25, 0.3) is 0 Å². The van der Waals surface area contributed by atoms with Crippen LogP contribution in [0.1, 0.15) is 31.2 Å². The lowest BCUT2D eigenvalue weighted by atomic mass is 9.87. The first kappa shape index (κ1) is 14.3. The van der Waals surface area contributed by atoms with Gasteiger partial charge < -0.3 is 5.32 Å². The number of rotatable bonds is 3. The molecule has 0 aromatic heterocycles. The summed E-state index contributed by atoms with van der Waals surface area (Å²) in [6.45, 7) is 4.71. The van der Waals surface area contributed by atoms with Gasteiger partial charge in [0.15, 0.2) is 0 Å². The number of amides is 2. The molecule has 1 aromatic rings. The molecule has 2 aliphatic rings. The fourth-order valence-corrected chi connectivity index (χ4v) is 3.35. The number of nitrogens with one attached hydrogen (secondary N) is 1. The zero-order valence-electron chi connectivity index (χ0n) is 12.4. The third kappa shape index (κ3) is 2.86. The van der Waals surface area contributed by atoms with E-state index in [4.69, 9.17) is 0 Å². The first-order chi connectivity index (χ1) is 10.2. The predicted octanol–water partition coefficient (Wildman–Crippen LogP) is 1.77. The van der Waals surface area contributed by atoms with Gasteiger partial charge in [-0.1, -0.05) is 37.3 Å². The molecule has 3 atom stereocenters. The van der Waals surface area contributed by atoms with Gasteiger partial charge in [-0.05, 0) is 36.9 Å². The summed E-state index contributed by atoms with van der Waals surface area (Å²) in [6, 6.07) is 9.64. The maximum absolute atomic E-state index is 12.6. The van der Waals surface area contributed by atoms with Crippen LogP contribution >= 0.6 is 0 Å². The smallest absolute Gasteiger partial charge is 0.237 e. The summed E-state index contributed by atoms with van der Waals surface area (Å²) in [7, 11) is 0. The van der Waals surface area contributed by atoms with Gasteiger partial charge in [0.1, 0.15) is 0 Å². The van der Waals surface area contributed by atoms with Crippen LogP contribution in [0.2, 0.25) is 0 Å². The molecule has 2 amide bonds. The molecule has 0 spiro atoms. The van der Waals surface area contributed by atoms with Crippen LogP contribution in [0.25, 0.3) is 0 Å². The standard InChI is InChI=1S/C17H22N2O2/c1-12-7-8-18-10-14(12)11-19-16(20)9-15(17(19)21)13-5-3-2-4-6-13/h2-6,12,14-15,18H,7-11H2,1H3. The predicted molar refractivity (Wildman–Crippen MR) is 80.7 cm³/mol. The summed E-state index contributed by atoms with van der Waals surface area (Å²) >= 11 is 0. The van der Waals surface area contributed by atoms with Crippen molar-refractivity contribution in [3.8, 4) is 0 Å². The number of nitrogens with zero attached hydrogens (tertiary/aromatic N) is 1. The summed E-state index contributed by atoms with van der Waals surface area (Å²) in [5, 5.41) is 3.36. The fraction of sp³-hybridized carbons (Fsp3) is 0.529. The van der Waals surface area contributed by atoms with Gasteiger partial charge in [0.05, 0.1) is 5.92 Å². The minimum atomic E-state index is -0.287. The van der Waals surface area contributed by atoms with E-state index in [2.05, 4.69) is 12.2 Å². The first-order valence-electron chi connectivity index (χ1n) is 7.76. The van der Waals surface area contributed by atoms with Crippen LogP contribution in [0.5, 0.6) is 0 Å². The maximum atomic E-state index is 12.6. The minimum absolute atomic E-state index is 0.0216. The zero-order chi connectivity index (χ0) is 14.8. The molecule has 2 heterocycles. The number of benzene rings is 1. The summed E-state index contributed by atoms with van der Waals surface area (Å²) in [6.07, 6.45) is 1.43. The molecule has 2 aliphatic heterocycles. The van der Waals surface area contributed by atoms with E-state index in [1.807, 2.05) is 30.3 Å². The molecule has 2 saturated heterocycles. The summed E-state index contributed by atoms with van der Waals surface area (Å²) < 4.78 is 0. The number of likely N-dealkylation sites (tertiary alicyclic amines) is 1. The molecular formula is C17H22N2O2. The molecule has 4 heteroatoms. The molecule has 0 saturated carbocycles. The van der Waals surface area contributed by atoms with Gasteiger partial charge in [-0.2, -0.15) is 0 Å². The van der Waals surface area contributed by atoms with Crippen molar-refractivity contribution in [2.75, 3.05) is 19.6 Å². The van der Waals surface area contributed by atoms with Crippen molar-refractivity contribution in [3.05, 3.63) is 35.9 Å². The Bertz CT molecular complexity index is 529. The zero-order valence-corrected chi connectivity index (χ0v) is 12.4. The molecule has 1 aromatic carbocycles. The third-order valence-corrected chi connectivity index (χ3v) is 4.85. The Hall–Kier alpha value is -1.68. The van der Waals surface area contributed by atoms with Crippen molar-refractivity contribution in [2.24, 2.45) is 11.8 Å². The van der Waals surface area contributed by atoms with E-state index in [-0.39, 0.29) is 17.7 Å². The van der Waals surface area contributed by atoms with Gasteiger partial charge in [0, 0.05) is 13.0 Å². The van der Waals surface area contributed by atoms with Crippen LogP contribution in [-0.4, -0.2) is 36.3 Å². The number of imide groups is 1. The first-order valence-corrected chi connectivity index (χ1v) is 7.76. The number of hydrogen-bond donors (Lipinski definition) is 1. The Morgan fingerprint density at radius 3 is 2.71 bits per heavy atom.